The van der Waals surface area contributed by atoms with E-state index in [1.54, 1.807) is 4.68 Å². The predicted octanol–water partition coefficient (Wildman–Crippen LogP) is 3.28. The molecule has 0 saturated carbocycles. The summed E-state index contributed by atoms with van der Waals surface area (Å²) in [5.41, 5.74) is 1.69. The smallest absolute Gasteiger partial charge is 0.392 e. The lowest BCUT2D eigenvalue weighted by Crippen LogP contribution is -2.39. The van der Waals surface area contributed by atoms with Crippen LogP contribution in [0, 0.1) is 0 Å². The molecule has 2 atom stereocenters. The van der Waals surface area contributed by atoms with Crippen molar-refractivity contribution in [2.75, 3.05) is 57.8 Å². The molecule has 14 heteroatoms. The lowest BCUT2D eigenvalue weighted by Gasteiger charge is -2.29. The summed E-state index contributed by atoms with van der Waals surface area (Å²) in [4.78, 5) is 4.40. The fourth-order valence-electron chi connectivity index (χ4n) is 6.37. The second kappa shape index (κ2) is 13.8. The van der Waals surface area contributed by atoms with Gasteiger partial charge in [0.1, 0.15) is 0 Å². The monoisotopic (exact) mass is 645 g/mol. The number of piperidine rings is 2. The number of alkyl halides is 3. The summed E-state index contributed by atoms with van der Waals surface area (Å²) in [5.74, 6) is 0.427. The molecule has 4 heterocycles. The van der Waals surface area contributed by atoms with E-state index in [2.05, 4.69) is 9.80 Å². The van der Waals surface area contributed by atoms with Crippen LogP contribution in [-0.2, 0) is 35.7 Å². The van der Waals surface area contributed by atoms with Gasteiger partial charge in [0.05, 0.1) is 36.3 Å². The van der Waals surface area contributed by atoms with E-state index in [0.29, 0.717) is 48.6 Å². The molecule has 3 aliphatic heterocycles. The first kappa shape index (κ1) is 32.7. The number of sulfonamides is 1. The van der Waals surface area contributed by atoms with Gasteiger partial charge in [0.25, 0.3) is 0 Å². The van der Waals surface area contributed by atoms with Gasteiger partial charge in [-0.05, 0) is 57.5 Å². The van der Waals surface area contributed by atoms with Crippen LogP contribution in [-0.4, -0.2) is 113 Å². The number of hydrogen-bond donors (Lipinski definition) is 2. The zero-order valence-electron chi connectivity index (χ0n) is 24.6. The van der Waals surface area contributed by atoms with Crippen LogP contribution in [0.25, 0.3) is 11.3 Å². The highest BCUT2D eigenvalue weighted by Gasteiger charge is 2.35. The molecule has 2 fully saturated rings. The number of halogens is 3. The first-order chi connectivity index (χ1) is 20.4. The molecule has 0 radical (unpaired) electrons. The first-order valence-electron chi connectivity index (χ1n) is 15.1. The van der Waals surface area contributed by atoms with Crippen molar-refractivity contribution in [2.24, 2.45) is 0 Å². The number of aliphatic hydroxyl groups excluding tert-OH is 2. The van der Waals surface area contributed by atoms with E-state index >= 15 is 0 Å². The number of thioether (sulfide) groups is 1. The fraction of sp³-hybridized carbons (Fsp3) is 0.690. The number of fused-ring (bicyclic) bond motifs is 1. The van der Waals surface area contributed by atoms with Gasteiger partial charge in [0.15, 0.2) is 0 Å². The average molecular weight is 646 g/mol. The largest absolute Gasteiger partial charge is 0.417 e. The van der Waals surface area contributed by atoms with Gasteiger partial charge in [-0.1, -0.05) is 12.5 Å². The van der Waals surface area contributed by atoms with Crippen molar-refractivity contribution in [3.8, 4) is 11.3 Å². The zero-order chi connectivity index (χ0) is 30.8. The van der Waals surface area contributed by atoms with Gasteiger partial charge >= 0.3 is 6.18 Å². The van der Waals surface area contributed by atoms with Gasteiger partial charge in [0.2, 0.25) is 10.0 Å². The van der Waals surface area contributed by atoms with E-state index in [1.807, 2.05) is 0 Å². The second-order valence-electron chi connectivity index (χ2n) is 12.0. The number of benzene rings is 1. The second-order valence-corrected chi connectivity index (χ2v) is 15.1. The van der Waals surface area contributed by atoms with Crippen LogP contribution >= 0.6 is 11.8 Å². The fourth-order valence-corrected chi connectivity index (χ4v) is 8.28. The van der Waals surface area contributed by atoms with E-state index < -0.39 is 34.0 Å². The minimum absolute atomic E-state index is 0.0759. The maximum atomic E-state index is 14.0. The summed E-state index contributed by atoms with van der Waals surface area (Å²) in [6, 6.07) is 4.00. The minimum Gasteiger partial charge on any atom is -0.392 e. The highest BCUT2D eigenvalue weighted by atomic mass is 32.2. The molecule has 0 amide bonds. The summed E-state index contributed by atoms with van der Waals surface area (Å²) in [6.45, 7) is 4.86. The number of aromatic nitrogens is 2. The molecule has 9 nitrogen and oxygen atoms in total. The van der Waals surface area contributed by atoms with Crippen molar-refractivity contribution in [2.45, 2.75) is 74.9 Å². The Morgan fingerprint density at radius 1 is 1.07 bits per heavy atom. The Hall–Kier alpha value is -1.68. The molecule has 0 unspecified atom stereocenters. The molecule has 1 aromatic carbocycles. The van der Waals surface area contributed by atoms with E-state index in [4.69, 9.17) is 5.10 Å². The Kier molecular flexibility index (Phi) is 10.5. The van der Waals surface area contributed by atoms with Crippen molar-refractivity contribution in [1.82, 2.24) is 23.9 Å². The van der Waals surface area contributed by atoms with Crippen molar-refractivity contribution in [3.05, 3.63) is 35.0 Å². The van der Waals surface area contributed by atoms with E-state index in [9.17, 15) is 31.8 Å². The zero-order valence-corrected chi connectivity index (χ0v) is 26.2. The maximum Gasteiger partial charge on any atom is 0.417 e. The minimum atomic E-state index is -4.54. The Morgan fingerprint density at radius 2 is 1.81 bits per heavy atom. The van der Waals surface area contributed by atoms with Crippen LogP contribution in [0.15, 0.2) is 23.1 Å². The van der Waals surface area contributed by atoms with Crippen LogP contribution in [0.3, 0.4) is 0 Å². The number of nitrogens with zero attached hydrogens (tertiary/aromatic N) is 5. The third-order valence-electron chi connectivity index (χ3n) is 8.58. The molecule has 2 saturated heterocycles. The molecule has 240 valence electrons. The number of β-amino-alcohol motifs (C(OH)–C–C–N with tert-alkyl or cyclic N) is 2. The first-order valence-corrected chi connectivity index (χ1v) is 17.9. The molecular formula is C29H42F3N5O4S2. The normalized spacial score (nSPS) is 22.0. The molecule has 3 aliphatic rings. The summed E-state index contributed by atoms with van der Waals surface area (Å²) in [5, 5.41) is 25.7. The van der Waals surface area contributed by atoms with Gasteiger partial charge in [-0.15, -0.1) is 11.8 Å². The van der Waals surface area contributed by atoms with Crippen molar-refractivity contribution in [1.29, 1.82) is 0 Å². The standard InChI is InChI=1S/C29H42F3N5O4S2/c1-43(40,41)36-13-9-26-24(20-36)28(33-37(26)19-23(39)18-34-10-3-2-4-11-34)21-7-8-25(29(30,31)32)27(16-21)42-15-14-35-12-5-6-22(38)17-35/h7-8,16,22-23,38-39H,2-6,9-15,17-20H2,1H3/t22-,23+/m0/s1. The molecular weight excluding hydrogens is 603 g/mol. The van der Waals surface area contributed by atoms with Crippen molar-refractivity contribution in [3.63, 3.8) is 0 Å². The van der Waals surface area contributed by atoms with Crippen LogP contribution in [0.5, 0.6) is 0 Å². The molecule has 0 spiro atoms. The van der Waals surface area contributed by atoms with Crippen LogP contribution in [0.1, 0.15) is 48.9 Å². The molecule has 43 heavy (non-hydrogen) atoms. The SMILES string of the molecule is CS(=O)(=O)N1CCc2c(c(-c3ccc(C(F)(F)F)c(SCCN4CCC[C@H](O)C4)c3)nn2C[C@H](O)CN2CCCCC2)C1. The average Bonchev–Trinajstić information content (AvgIpc) is 3.30. The van der Waals surface area contributed by atoms with E-state index in [0.717, 1.165) is 75.1 Å². The summed E-state index contributed by atoms with van der Waals surface area (Å²) >= 11 is 1.13. The highest BCUT2D eigenvalue weighted by molar-refractivity contribution is 7.99. The van der Waals surface area contributed by atoms with Gasteiger partial charge in [0, 0.05) is 66.6 Å². The lowest BCUT2D eigenvalue weighted by molar-refractivity contribution is -0.139. The Morgan fingerprint density at radius 3 is 2.51 bits per heavy atom. The molecule has 2 aromatic rings. The van der Waals surface area contributed by atoms with Gasteiger partial charge < -0.3 is 15.1 Å². The number of likely N-dealkylation sites (tertiary alicyclic amines) is 2. The topological polar surface area (TPSA) is 102 Å². The summed E-state index contributed by atoms with van der Waals surface area (Å²) in [6.07, 6.45) is 0.920. The maximum absolute atomic E-state index is 14.0. The van der Waals surface area contributed by atoms with Gasteiger partial charge in [-0.3, -0.25) is 9.58 Å². The summed E-state index contributed by atoms with van der Waals surface area (Å²) in [7, 11) is -3.50. The number of hydrogen-bond acceptors (Lipinski definition) is 8. The van der Waals surface area contributed by atoms with Crippen molar-refractivity contribution >= 4 is 21.8 Å². The lowest BCUT2D eigenvalue weighted by atomic mass is 10.0. The van der Waals surface area contributed by atoms with Crippen LogP contribution in [0.4, 0.5) is 13.2 Å². The number of aliphatic hydroxyl groups is 2. The van der Waals surface area contributed by atoms with Gasteiger partial charge in [-0.2, -0.15) is 22.6 Å². The molecule has 0 aliphatic carbocycles. The van der Waals surface area contributed by atoms with Gasteiger partial charge in [-0.25, -0.2) is 8.42 Å². The molecule has 0 bridgehead atoms. The third-order valence-corrected chi connectivity index (χ3v) is 10.9. The summed E-state index contributed by atoms with van der Waals surface area (Å²) < 4.78 is 70.0. The quantitative estimate of drug-likeness (QED) is 0.380. The predicted molar refractivity (Wildman–Crippen MR) is 160 cm³/mol. The van der Waals surface area contributed by atoms with Crippen LogP contribution in [0.2, 0.25) is 0 Å². The Bertz CT molecular complexity index is 1360. The molecule has 5 rings (SSSR count). The van der Waals surface area contributed by atoms with Crippen molar-refractivity contribution < 1.29 is 31.8 Å². The van der Waals surface area contributed by atoms with Crippen LogP contribution < -0.4 is 0 Å². The third kappa shape index (κ3) is 8.33. The molecule has 1 aromatic heterocycles. The Labute approximate surface area is 256 Å². The van der Waals surface area contributed by atoms with E-state index in [-0.39, 0.29) is 24.5 Å². The highest BCUT2D eigenvalue weighted by Crippen LogP contribution is 2.40. The Balaban J connectivity index is 1.43. The number of rotatable bonds is 10. The molecule has 2 N–H and O–H groups in total. The van der Waals surface area contributed by atoms with E-state index in [1.165, 1.54) is 22.9 Å².